The van der Waals surface area contributed by atoms with Crippen molar-refractivity contribution in [3.63, 3.8) is 0 Å². The lowest BCUT2D eigenvalue weighted by Crippen LogP contribution is -2.54. The van der Waals surface area contributed by atoms with Gasteiger partial charge < -0.3 is 14.2 Å². The van der Waals surface area contributed by atoms with Gasteiger partial charge in [0, 0.05) is 5.56 Å². The molecule has 2 amide bonds. The van der Waals surface area contributed by atoms with E-state index in [1.165, 1.54) is 30.2 Å². The molecule has 1 aliphatic rings. The maximum Gasteiger partial charge on any atom is 0.270 e. The molecule has 41 heavy (non-hydrogen) atoms. The van der Waals surface area contributed by atoms with Crippen molar-refractivity contribution in [2.75, 3.05) is 12.0 Å². The predicted molar refractivity (Wildman–Crippen MR) is 158 cm³/mol. The Labute approximate surface area is 245 Å². The summed E-state index contributed by atoms with van der Waals surface area (Å²) < 4.78 is 30.4. The van der Waals surface area contributed by atoms with Gasteiger partial charge in [0.1, 0.15) is 41.0 Å². The lowest BCUT2D eigenvalue weighted by molar-refractivity contribution is -0.122. The normalized spacial score (nSPS) is 14.2. The van der Waals surface area contributed by atoms with Crippen molar-refractivity contribution in [1.29, 1.82) is 0 Å². The van der Waals surface area contributed by atoms with Crippen LogP contribution in [0.25, 0.3) is 6.08 Å². The number of ether oxygens (including phenoxy) is 3. The van der Waals surface area contributed by atoms with Crippen molar-refractivity contribution < 1.29 is 28.2 Å². The van der Waals surface area contributed by atoms with Gasteiger partial charge in [0.25, 0.3) is 11.8 Å². The molecule has 0 saturated carbocycles. The molecule has 10 heteroatoms. The van der Waals surface area contributed by atoms with E-state index < -0.39 is 17.6 Å². The van der Waals surface area contributed by atoms with Gasteiger partial charge in [0.05, 0.1) is 17.8 Å². The minimum Gasteiger partial charge on any atom is -0.496 e. The molecular weight excluding hydrogens is 567 g/mol. The zero-order chi connectivity index (χ0) is 28.9. The topological polar surface area (TPSA) is 77.1 Å². The Bertz CT molecular complexity index is 1660. The van der Waals surface area contributed by atoms with Gasteiger partial charge in [-0.1, -0.05) is 35.9 Å². The zero-order valence-corrected chi connectivity index (χ0v) is 23.2. The number of nitrogens with zero attached hydrogens (tertiary/aromatic N) is 1. The summed E-state index contributed by atoms with van der Waals surface area (Å²) in [5.41, 5.74) is 1.52. The molecule has 206 valence electrons. The van der Waals surface area contributed by atoms with E-state index in [9.17, 15) is 14.0 Å². The van der Waals surface area contributed by atoms with Crippen LogP contribution in [0.3, 0.4) is 0 Å². The second-order valence-electron chi connectivity index (χ2n) is 8.80. The van der Waals surface area contributed by atoms with E-state index in [2.05, 4.69) is 5.32 Å². The number of hydrogen-bond acceptors (Lipinski definition) is 6. The van der Waals surface area contributed by atoms with Gasteiger partial charge in [-0.15, -0.1) is 0 Å². The van der Waals surface area contributed by atoms with Crippen LogP contribution in [-0.2, 0) is 16.2 Å². The molecule has 7 nitrogen and oxygen atoms in total. The van der Waals surface area contributed by atoms with Gasteiger partial charge >= 0.3 is 0 Å². The summed E-state index contributed by atoms with van der Waals surface area (Å²) in [5.74, 6) is 0.385. The summed E-state index contributed by atoms with van der Waals surface area (Å²) in [6.07, 6.45) is 1.47. The molecular formula is C31H22ClFN2O5S. The standard InChI is InChI=1S/C31H22ClFN2O5S/c1-38-27-13-7-19(15-20(27)18-39-28-14-8-21(33)17-26(28)32)16-25-29(36)34-31(41)35(30(25)37)22-9-11-24(12-10-22)40-23-5-3-2-4-6-23/h2-17H,18H2,1H3,(H,34,36,41). The maximum absolute atomic E-state index is 13.5. The number of benzene rings is 4. The predicted octanol–water partition coefficient (Wildman–Crippen LogP) is 6.69. The molecule has 1 N–H and O–H groups in total. The molecule has 0 aromatic heterocycles. The number of amides is 2. The molecule has 1 heterocycles. The van der Waals surface area contributed by atoms with Crippen LogP contribution in [0.15, 0.2) is 96.6 Å². The number of methoxy groups -OCH3 is 1. The van der Waals surface area contributed by atoms with E-state index in [0.717, 1.165) is 6.07 Å². The molecule has 1 saturated heterocycles. The Kier molecular flexibility index (Phi) is 8.28. The lowest BCUT2D eigenvalue weighted by atomic mass is 10.0. The quantitative estimate of drug-likeness (QED) is 0.140. The number of hydrogen-bond donors (Lipinski definition) is 1. The molecule has 5 rings (SSSR count). The lowest BCUT2D eigenvalue weighted by Gasteiger charge is -2.29. The highest BCUT2D eigenvalue weighted by Crippen LogP contribution is 2.30. The monoisotopic (exact) mass is 588 g/mol. The number of anilines is 1. The first-order chi connectivity index (χ1) is 19.8. The first kappa shape index (κ1) is 27.8. The van der Waals surface area contributed by atoms with Gasteiger partial charge in [-0.3, -0.25) is 19.8 Å². The van der Waals surface area contributed by atoms with Gasteiger partial charge in [-0.25, -0.2) is 4.39 Å². The van der Waals surface area contributed by atoms with E-state index in [1.807, 2.05) is 30.3 Å². The summed E-state index contributed by atoms with van der Waals surface area (Å²) in [6.45, 7) is 0.0410. The fourth-order valence-electron chi connectivity index (χ4n) is 4.10. The smallest absolute Gasteiger partial charge is 0.270 e. The average molecular weight is 589 g/mol. The number of para-hydroxylation sites is 1. The first-order valence-corrected chi connectivity index (χ1v) is 13.1. The number of thiocarbonyl (C=S) groups is 1. The third-order valence-corrected chi connectivity index (χ3v) is 6.65. The molecule has 4 aromatic rings. The minimum absolute atomic E-state index is 0.0334. The number of rotatable bonds is 8. The Hall–Kier alpha value is -4.73. The largest absolute Gasteiger partial charge is 0.496 e. The summed E-state index contributed by atoms with van der Waals surface area (Å²) in [5, 5.41) is 2.67. The highest BCUT2D eigenvalue weighted by molar-refractivity contribution is 7.80. The Morgan fingerprint density at radius 1 is 0.927 bits per heavy atom. The van der Waals surface area contributed by atoms with Crippen LogP contribution < -0.4 is 24.4 Å². The van der Waals surface area contributed by atoms with Crippen molar-refractivity contribution in [1.82, 2.24) is 5.32 Å². The van der Waals surface area contributed by atoms with Crippen LogP contribution in [0.2, 0.25) is 5.02 Å². The number of nitrogens with one attached hydrogen (secondary N) is 1. The highest BCUT2D eigenvalue weighted by Gasteiger charge is 2.34. The average Bonchev–Trinajstić information content (AvgIpc) is 2.96. The number of halogens is 2. The summed E-state index contributed by atoms with van der Waals surface area (Å²) in [7, 11) is 1.51. The molecule has 1 fully saturated rings. The van der Waals surface area contributed by atoms with Crippen molar-refractivity contribution in [3.8, 4) is 23.0 Å². The van der Waals surface area contributed by atoms with Crippen LogP contribution in [0.5, 0.6) is 23.0 Å². The molecule has 0 radical (unpaired) electrons. The van der Waals surface area contributed by atoms with Crippen molar-refractivity contribution in [3.05, 3.63) is 119 Å². The molecule has 0 atom stereocenters. The van der Waals surface area contributed by atoms with E-state index in [1.54, 1.807) is 42.5 Å². The maximum atomic E-state index is 13.5. The fraction of sp³-hybridized carbons (Fsp3) is 0.0645. The van der Waals surface area contributed by atoms with Gasteiger partial charge in [0.15, 0.2) is 5.11 Å². The second kappa shape index (κ2) is 12.2. The Morgan fingerprint density at radius 2 is 1.63 bits per heavy atom. The van der Waals surface area contributed by atoms with E-state index in [-0.39, 0.29) is 22.3 Å². The SMILES string of the molecule is COc1ccc(C=C2C(=O)NC(=S)N(c3ccc(Oc4ccccc4)cc3)C2=O)cc1COc1ccc(F)cc1Cl. The second-order valence-corrected chi connectivity index (χ2v) is 9.60. The zero-order valence-electron chi connectivity index (χ0n) is 21.6. The third kappa shape index (κ3) is 6.37. The van der Waals surface area contributed by atoms with Crippen molar-refractivity contribution in [2.45, 2.75) is 6.61 Å². The van der Waals surface area contributed by atoms with Crippen LogP contribution in [0.4, 0.5) is 10.1 Å². The molecule has 0 spiro atoms. The number of carbonyl (C=O) groups excluding carboxylic acids is 2. The highest BCUT2D eigenvalue weighted by atomic mass is 35.5. The van der Waals surface area contributed by atoms with Crippen LogP contribution in [-0.4, -0.2) is 24.0 Å². The molecule has 0 aliphatic carbocycles. The Balaban J connectivity index is 1.38. The fourth-order valence-corrected chi connectivity index (χ4v) is 4.60. The third-order valence-electron chi connectivity index (χ3n) is 6.07. The summed E-state index contributed by atoms with van der Waals surface area (Å²) >= 11 is 11.4. The minimum atomic E-state index is -0.619. The molecule has 0 bridgehead atoms. The van der Waals surface area contributed by atoms with Crippen LogP contribution >= 0.6 is 23.8 Å². The van der Waals surface area contributed by atoms with Crippen molar-refractivity contribution >= 4 is 52.5 Å². The van der Waals surface area contributed by atoms with E-state index >= 15 is 0 Å². The molecule has 1 aliphatic heterocycles. The first-order valence-electron chi connectivity index (χ1n) is 12.3. The molecule has 4 aromatic carbocycles. The van der Waals surface area contributed by atoms with Gasteiger partial charge in [0.2, 0.25) is 0 Å². The summed E-state index contributed by atoms with van der Waals surface area (Å²) in [6, 6.07) is 25.0. The van der Waals surface area contributed by atoms with Crippen LogP contribution in [0.1, 0.15) is 11.1 Å². The number of carbonyl (C=O) groups is 2. The summed E-state index contributed by atoms with van der Waals surface area (Å²) in [4.78, 5) is 27.6. The van der Waals surface area contributed by atoms with Gasteiger partial charge in [-0.2, -0.15) is 0 Å². The van der Waals surface area contributed by atoms with E-state index in [0.29, 0.717) is 39.8 Å². The molecule has 0 unspecified atom stereocenters. The van der Waals surface area contributed by atoms with Crippen LogP contribution in [0, 0.1) is 5.82 Å². The van der Waals surface area contributed by atoms with E-state index in [4.69, 9.17) is 38.0 Å². The van der Waals surface area contributed by atoms with Crippen molar-refractivity contribution in [2.24, 2.45) is 0 Å². The Morgan fingerprint density at radius 3 is 2.34 bits per heavy atom. The van der Waals surface area contributed by atoms with Gasteiger partial charge in [-0.05, 0) is 90.6 Å².